The summed E-state index contributed by atoms with van der Waals surface area (Å²) in [6.45, 7) is 0. The third-order valence-corrected chi connectivity index (χ3v) is 2.57. The van der Waals surface area contributed by atoms with Gasteiger partial charge in [-0.1, -0.05) is 0 Å². The van der Waals surface area contributed by atoms with E-state index in [1.165, 1.54) is 5.32 Å². The van der Waals surface area contributed by atoms with Gasteiger partial charge in [0.15, 0.2) is 0 Å². The number of aliphatic hydroxyl groups is 2. The average molecular weight is 257 g/mol. The molecule has 0 spiro atoms. The van der Waals surface area contributed by atoms with E-state index in [0.29, 0.717) is 0 Å². The molecule has 0 aromatic rings. The number of carbonyl (C=O) groups is 2. The third-order valence-electron chi connectivity index (χ3n) is 2.57. The second-order valence-corrected chi connectivity index (χ2v) is 3.74. The molecule has 0 bridgehead atoms. The van der Waals surface area contributed by atoms with Crippen molar-refractivity contribution in [1.82, 2.24) is 5.32 Å². The van der Waals surface area contributed by atoms with Crippen LogP contribution in [0, 0.1) is 5.92 Å². The Morgan fingerprint density at radius 3 is 2.06 bits per heavy atom. The van der Waals surface area contributed by atoms with Crippen LogP contribution in [0.25, 0.3) is 0 Å². The molecule has 1 rings (SSSR count). The molecular weight excluding hydrogens is 247 g/mol. The van der Waals surface area contributed by atoms with E-state index in [9.17, 15) is 33.0 Å². The van der Waals surface area contributed by atoms with E-state index in [0.717, 1.165) is 0 Å². The van der Waals surface area contributed by atoms with Crippen molar-refractivity contribution in [1.29, 1.82) is 0 Å². The van der Waals surface area contributed by atoms with Gasteiger partial charge in [0.05, 0.1) is 18.1 Å². The highest BCUT2D eigenvalue weighted by Crippen LogP contribution is 2.28. The summed E-state index contributed by atoms with van der Waals surface area (Å²) in [7, 11) is 0. The normalized spacial score (nSPS) is 33.5. The van der Waals surface area contributed by atoms with E-state index in [1.807, 2.05) is 0 Å². The molecule has 6 nitrogen and oxygen atoms in total. The molecule has 17 heavy (non-hydrogen) atoms. The smallest absolute Gasteiger partial charge is 0.471 e. The van der Waals surface area contributed by atoms with Crippen molar-refractivity contribution >= 4 is 11.9 Å². The first-order chi connectivity index (χ1) is 7.64. The highest BCUT2D eigenvalue weighted by Gasteiger charge is 2.48. The number of halogens is 3. The number of amides is 1. The lowest BCUT2D eigenvalue weighted by atomic mass is 10.1. The molecule has 0 saturated heterocycles. The minimum absolute atomic E-state index is 0.459. The van der Waals surface area contributed by atoms with Gasteiger partial charge in [-0.3, -0.25) is 9.59 Å². The average Bonchev–Trinajstić information content (AvgIpc) is 2.44. The fraction of sp³-hybridized carbons (Fsp3) is 0.750. The molecule has 4 N–H and O–H groups in total. The van der Waals surface area contributed by atoms with Crippen LogP contribution in [0.3, 0.4) is 0 Å². The summed E-state index contributed by atoms with van der Waals surface area (Å²) < 4.78 is 35.7. The summed E-state index contributed by atoms with van der Waals surface area (Å²) in [4.78, 5) is 21.2. The van der Waals surface area contributed by atoms with Gasteiger partial charge < -0.3 is 20.6 Å². The molecule has 1 aliphatic carbocycles. The van der Waals surface area contributed by atoms with Gasteiger partial charge in [0.25, 0.3) is 0 Å². The number of nitrogens with one attached hydrogen (secondary N) is 1. The molecule has 0 heterocycles. The fourth-order valence-corrected chi connectivity index (χ4v) is 1.67. The molecule has 1 aliphatic rings. The highest BCUT2D eigenvalue weighted by atomic mass is 19.4. The van der Waals surface area contributed by atoms with E-state index in [4.69, 9.17) is 5.11 Å². The summed E-state index contributed by atoms with van der Waals surface area (Å²) >= 11 is 0. The Bertz CT molecular complexity index is 332. The Morgan fingerprint density at radius 1 is 1.18 bits per heavy atom. The maximum Gasteiger partial charge on any atom is 0.471 e. The van der Waals surface area contributed by atoms with Gasteiger partial charge in [-0.15, -0.1) is 0 Å². The van der Waals surface area contributed by atoms with Crippen molar-refractivity contribution in [3.8, 4) is 0 Å². The molecule has 1 amide bonds. The summed E-state index contributed by atoms with van der Waals surface area (Å²) in [6.07, 6.45) is -9.01. The first-order valence-corrected chi connectivity index (χ1v) is 4.61. The zero-order chi connectivity index (χ0) is 13.4. The van der Waals surface area contributed by atoms with E-state index in [-0.39, 0.29) is 0 Å². The Hall–Kier alpha value is -1.35. The zero-order valence-electron chi connectivity index (χ0n) is 8.31. The van der Waals surface area contributed by atoms with Gasteiger partial charge >= 0.3 is 18.1 Å². The monoisotopic (exact) mass is 257 g/mol. The van der Waals surface area contributed by atoms with Crippen LogP contribution >= 0.6 is 0 Å². The standard InChI is InChI=1S/C8H10F3NO5/c9-8(10,11)7(17)12-3-1-2(6(15)16)4(13)5(3)14/h2-5,13-14H,1H2,(H,12,17)(H,15,16)/t2-,3+,4+,5-/m0/s1. The molecule has 0 aliphatic heterocycles. The molecule has 0 aromatic carbocycles. The number of aliphatic hydroxyl groups excluding tert-OH is 2. The molecule has 0 radical (unpaired) electrons. The van der Waals surface area contributed by atoms with Gasteiger partial charge in [0.2, 0.25) is 0 Å². The lowest BCUT2D eigenvalue weighted by Gasteiger charge is -2.18. The number of carboxylic acid groups (broad SMARTS) is 1. The van der Waals surface area contributed by atoms with Crippen LogP contribution in [-0.4, -0.2) is 51.6 Å². The second-order valence-electron chi connectivity index (χ2n) is 3.74. The molecule has 0 unspecified atom stereocenters. The van der Waals surface area contributed by atoms with Crippen molar-refractivity contribution in [3.05, 3.63) is 0 Å². The van der Waals surface area contributed by atoms with Gasteiger partial charge in [-0.2, -0.15) is 13.2 Å². The zero-order valence-corrected chi connectivity index (χ0v) is 8.31. The number of alkyl halides is 3. The largest absolute Gasteiger partial charge is 0.481 e. The van der Waals surface area contributed by atoms with Crippen LogP contribution in [0.1, 0.15) is 6.42 Å². The van der Waals surface area contributed by atoms with Crippen LogP contribution in [0.2, 0.25) is 0 Å². The summed E-state index contributed by atoms with van der Waals surface area (Å²) in [5.41, 5.74) is 0. The maximum atomic E-state index is 11.9. The van der Waals surface area contributed by atoms with Gasteiger partial charge in [-0.05, 0) is 6.42 Å². The number of aliphatic carboxylic acids is 1. The molecule has 0 aromatic heterocycles. The second kappa shape index (κ2) is 4.49. The molecule has 9 heteroatoms. The topological polar surface area (TPSA) is 107 Å². The minimum Gasteiger partial charge on any atom is -0.481 e. The lowest BCUT2D eigenvalue weighted by molar-refractivity contribution is -0.175. The maximum absolute atomic E-state index is 11.9. The van der Waals surface area contributed by atoms with Crippen LogP contribution in [-0.2, 0) is 9.59 Å². The molecule has 1 saturated carbocycles. The van der Waals surface area contributed by atoms with E-state index >= 15 is 0 Å². The van der Waals surface area contributed by atoms with Crippen molar-refractivity contribution in [2.24, 2.45) is 5.92 Å². The molecule has 4 atom stereocenters. The van der Waals surface area contributed by atoms with Gasteiger partial charge in [0, 0.05) is 0 Å². The lowest BCUT2D eigenvalue weighted by Crippen LogP contribution is -2.48. The molecular formula is C8H10F3NO5. The number of rotatable bonds is 2. The van der Waals surface area contributed by atoms with Crippen molar-refractivity contribution in [2.75, 3.05) is 0 Å². The SMILES string of the molecule is O=C(O)[C@H]1C[C@@H](NC(=O)C(F)(F)F)[C@H](O)[C@@H]1O. The Labute approximate surface area is 93.0 Å². The van der Waals surface area contributed by atoms with Crippen molar-refractivity contribution < 1.29 is 38.1 Å². The number of hydrogen-bond acceptors (Lipinski definition) is 4. The number of carboxylic acids is 1. The summed E-state index contributed by atoms with van der Waals surface area (Å²) in [5.74, 6) is -5.12. The fourth-order valence-electron chi connectivity index (χ4n) is 1.67. The Balaban J connectivity index is 2.69. The van der Waals surface area contributed by atoms with Crippen molar-refractivity contribution in [2.45, 2.75) is 30.8 Å². The van der Waals surface area contributed by atoms with Crippen LogP contribution in [0.4, 0.5) is 13.2 Å². The van der Waals surface area contributed by atoms with E-state index < -0.39 is 48.6 Å². The van der Waals surface area contributed by atoms with Gasteiger partial charge in [0.1, 0.15) is 6.10 Å². The predicted octanol–water partition coefficient (Wildman–Crippen LogP) is -1.14. The Kier molecular flexibility index (Phi) is 3.62. The third kappa shape index (κ3) is 2.86. The van der Waals surface area contributed by atoms with Crippen LogP contribution in [0.5, 0.6) is 0 Å². The molecule has 98 valence electrons. The summed E-state index contributed by atoms with van der Waals surface area (Å²) in [5, 5.41) is 28.6. The first kappa shape index (κ1) is 13.7. The number of hydrogen-bond donors (Lipinski definition) is 4. The Morgan fingerprint density at radius 2 is 1.71 bits per heavy atom. The number of carbonyl (C=O) groups excluding carboxylic acids is 1. The highest BCUT2D eigenvalue weighted by molar-refractivity contribution is 5.82. The quantitative estimate of drug-likeness (QED) is 0.500. The van der Waals surface area contributed by atoms with Crippen LogP contribution in [0.15, 0.2) is 0 Å². The van der Waals surface area contributed by atoms with Crippen LogP contribution < -0.4 is 5.32 Å². The predicted molar refractivity (Wildman–Crippen MR) is 45.7 cm³/mol. The van der Waals surface area contributed by atoms with Crippen molar-refractivity contribution in [3.63, 3.8) is 0 Å². The van der Waals surface area contributed by atoms with E-state index in [1.54, 1.807) is 0 Å². The molecule has 1 fully saturated rings. The van der Waals surface area contributed by atoms with E-state index in [2.05, 4.69) is 0 Å². The first-order valence-electron chi connectivity index (χ1n) is 4.61. The summed E-state index contributed by atoms with van der Waals surface area (Å²) in [6, 6.07) is -1.43. The minimum atomic E-state index is -5.12. The van der Waals surface area contributed by atoms with Gasteiger partial charge in [-0.25, -0.2) is 0 Å².